The summed E-state index contributed by atoms with van der Waals surface area (Å²) in [7, 11) is -3.13. The van der Waals surface area contributed by atoms with Crippen LogP contribution in [-0.4, -0.2) is 31.4 Å². The zero-order valence-corrected chi connectivity index (χ0v) is 10.0. The van der Waals surface area contributed by atoms with Gasteiger partial charge in [-0.1, -0.05) is 13.8 Å². The Hall–Kier alpha value is -0.130. The molecule has 0 aromatic rings. The number of aliphatic hydroxyl groups excluding tert-OH is 1. The van der Waals surface area contributed by atoms with Gasteiger partial charge in [0.2, 0.25) is 10.0 Å². The first-order chi connectivity index (χ1) is 6.81. The summed E-state index contributed by atoms with van der Waals surface area (Å²) in [5.74, 6) is 0.631. The second kappa shape index (κ2) is 3.43. The van der Waals surface area contributed by atoms with Gasteiger partial charge in [0.1, 0.15) is 0 Å². The molecule has 0 aromatic carbocycles. The van der Waals surface area contributed by atoms with Crippen LogP contribution in [-0.2, 0) is 10.0 Å². The molecule has 5 heteroatoms. The normalized spacial score (nSPS) is 34.9. The molecule has 2 rings (SSSR count). The standard InChI is InChI=1S/C10H19NO3S/c1-10(2)8(5-9(10)12)11-15(13,14)6-7-3-4-7/h7-9,11-12H,3-6H2,1-2H3. The highest BCUT2D eigenvalue weighted by atomic mass is 32.2. The van der Waals surface area contributed by atoms with Crippen molar-refractivity contribution in [3.05, 3.63) is 0 Å². The number of nitrogens with one attached hydrogen (secondary N) is 1. The third kappa shape index (κ3) is 2.34. The van der Waals surface area contributed by atoms with Crippen molar-refractivity contribution in [3.8, 4) is 0 Å². The third-order valence-corrected chi connectivity index (χ3v) is 5.24. The Bertz CT molecular complexity index is 346. The Kier molecular flexibility index (Phi) is 2.60. The number of hydrogen-bond donors (Lipinski definition) is 2. The molecule has 0 spiro atoms. The Morgan fingerprint density at radius 3 is 2.40 bits per heavy atom. The van der Waals surface area contributed by atoms with E-state index in [0.717, 1.165) is 12.8 Å². The second-order valence-corrected chi connectivity index (χ2v) is 7.27. The molecule has 0 radical (unpaired) electrons. The van der Waals surface area contributed by atoms with Gasteiger partial charge in [-0.15, -0.1) is 0 Å². The minimum atomic E-state index is -3.13. The van der Waals surface area contributed by atoms with Crippen molar-refractivity contribution in [2.75, 3.05) is 5.75 Å². The van der Waals surface area contributed by atoms with E-state index in [0.29, 0.717) is 12.3 Å². The van der Waals surface area contributed by atoms with E-state index in [9.17, 15) is 13.5 Å². The monoisotopic (exact) mass is 233 g/mol. The van der Waals surface area contributed by atoms with Crippen LogP contribution in [0.25, 0.3) is 0 Å². The lowest BCUT2D eigenvalue weighted by molar-refractivity contribution is -0.0645. The van der Waals surface area contributed by atoms with Gasteiger partial charge in [0.15, 0.2) is 0 Å². The summed E-state index contributed by atoms with van der Waals surface area (Å²) in [6.07, 6.45) is 2.23. The van der Waals surface area contributed by atoms with Crippen molar-refractivity contribution in [3.63, 3.8) is 0 Å². The smallest absolute Gasteiger partial charge is 0.212 e. The lowest BCUT2D eigenvalue weighted by atomic mass is 9.65. The molecule has 0 aliphatic heterocycles. The van der Waals surface area contributed by atoms with Crippen LogP contribution < -0.4 is 4.72 Å². The van der Waals surface area contributed by atoms with E-state index in [4.69, 9.17) is 0 Å². The maximum atomic E-state index is 11.7. The first-order valence-corrected chi connectivity index (χ1v) is 7.14. The Morgan fingerprint density at radius 1 is 1.40 bits per heavy atom. The number of sulfonamides is 1. The number of aliphatic hydroxyl groups is 1. The van der Waals surface area contributed by atoms with Gasteiger partial charge in [-0.2, -0.15) is 0 Å². The van der Waals surface area contributed by atoms with E-state index in [1.165, 1.54) is 0 Å². The number of hydrogen-bond acceptors (Lipinski definition) is 3. The van der Waals surface area contributed by atoms with E-state index >= 15 is 0 Å². The molecule has 0 heterocycles. The van der Waals surface area contributed by atoms with Crippen LogP contribution in [0.2, 0.25) is 0 Å². The van der Waals surface area contributed by atoms with E-state index in [2.05, 4.69) is 4.72 Å². The van der Waals surface area contributed by atoms with Crippen molar-refractivity contribution < 1.29 is 13.5 Å². The molecule has 88 valence electrons. The topological polar surface area (TPSA) is 66.4 Å². The van der Waals surface area contributed by atoms with Crippen LogP contribution in [0, 0.1) is 11.3 Å². The molecule has 2 aliphatic carbocycles. The van der Waals surface area contributed by atoms with Gasteiger partial charge in [0.05, 0.1) is 11.9 Å². The molecule has 0 amide bonds. The molecule has 0 bridgehead atoms. The molecule has 2 N–H and O–H groups in total. The van der Waals surface area contributed by atoms with Crippen molar-refractivity contribution in [2.24, 2.45) is 11.3 Å². The van der Waals surface area contributed by atoms with Crippen LogP contribution in [0.15, 0.2) is 0 Å². The lowest BCUT2D eigenvalue weighted by Crippen LogP contribution is -2.61. The van der Waals surface area contributed by atoms with Crippen molar-refractivity contribution in [1.29, 1.82) is 0 Å². The molecular formula is C10H19NO3S. The molecule has 15 heavy (non-hydrogen) atoms. The fraction of sp³-hybridized carbons (Fsp3) is 1.00. The Labute approximate surface area is 91.1 Å². The zero-order valence-electron chi connectivity index (χ0n) is 9.23. The van der Waals surface area contributed by atoms with Crippen LogP contribution in [0.3, 0.4) is 0 Å². The minimum Gasteiger partial charge on any atom is -0.392 e. The predicted octanol–water partition coefficient (Wildman–Crippen LogP) is 0.475. The van der Waals surface area contributed by atoms with E-state index in [1.54, 1.807) is 0 Å². The first-order valence-electron chi connectivity index (χ1n) is 5.49. The van der Waals surface area contributed by atoms with Gasteiger partial charge < -0.3 is 5.11 Å². The van der Waals surface area contributed by atoms with Crippen molar-refractivity contribution in [2.45, 2.75) is 45.3 Å². The third-order valence-electron chi connectivity index (χ3n) is 3.69. The van der Waals surface area contributed by atoms with E-state index in [-0.39, 0.29) is 23.3 Å². The summed E-state index contributed by atoms with van der Waals surface area (Å²) in [4.78, 5) is 0. The summed E-state index contributed by atoms with van der Waals surface area (Å²) in [6, 6.07) is -0.101. The number of rotatable bonds is 4. The van der Waals surface area contributed by atoms with Gasteiger partial charge >= 0.3 is 0 Å². The van der Waals surface area contributed by atoms with Gasteiger partial charge in [-0.3, -0.25) is 0 Å². The maximum Gasteiger partial charge on any atom is 0.212 e. The molecule has 2 atom stereocenters. The molecule has 4 nitrogen and oxygen atoms in total. The SMILES string of the molecule is CC1(C)C(O)CC1NS(=O)(=O)CC1CC1. The molecule has 2 unspecified atom stereocenters. The summed E-state index contributed by atoms with van der Waals surface area (Å²) >= 11 is 0. The van der Waals surface area contributed by atoms with Gasteiger partial charge in [0.25, 0.3) is 0 Å². The lowest BCUT2D eigenvalue weighted by Gasteiger charge is -2.49. The summed E-state index contributed by atoms with van der Waals surface area (Å²) < 4.78 is 26.1. The van der Waals surface area contributed by atoms with Gasteiger partial charge in [-0.25, -0.2) is 13.1 Å². The van der Waals surface area contributed by atoms with E-state index < -0.39 is 10.0 Å². The largest absolute Gasteiger partial charge is 0.392 e. The van der Waals surface area contributed by atoms with Gasteiger partial charge in [-0.05, 0) is 25.2 Å². The molecule has 2 fully saturated rings. The predicted molar refractivity (Wildman–Crippen MR) is 57.8 cm³/mol. The van der Waals surface area contributed by atoms with Crippen molar-refractivity contribution >= 4 is 10.0 Å². The Balaban J connectivity index is 1.91. The molecular weight excluding hydrogens is 214 g/mol. The van der Waals surface area contributed by atoms with Gasteiger partial charge in [0, 0.05) is 11.5 Å². The summed E-state index contributed by atoms with van der Waals surface area (Å²) in [5.41, 5.74) is -0.323. The second-order valence-electron chi connectivity index (χ2n) is 5.47. The van der Waals surface area contributed by atoms with Crippen LogP contribution in [0.4, 0.5) is 0 Å². The fourth-order valence-electron chi connectivity index (χ4n) is 1.96. The summed E-state index contributed by atoms with van der Waals surface area (Å²) in [5, 5.41) is 9.50. The highest BCUT2D eigenvalue weighted by molar-refractivity contribution is 7.89. The summed E-state index contributed by atoms with van der Waals surface area (Å²) in [6.45, 7) is 3.79. The molecule has 2 saturated carbocycles. The molecule has 0 saturated heterocycles. The highest BCUT2D eigenvalue weighted by Gasteiger charge is 2.49. The average molecular weight is 233 g/mol. The highest BCUT2D eigenvalue weighted by Crippen LogP contribution is 2.41. The average Bonchev–Trinajstić information content (AvgIpc) is 2.86. The maximum absolute atomic E-state index is 11.7. The minimum absolute atomic E-state index is 0.101. The molecule has 2 aliphatic rings. The van der Waals surface area contributed by atoms with Crippen LogP contribution in [0.1, 0.15) is 33.1 Å². The van der Waals surface area contributed by atoms with E-state index in [1.807, 2.05) is 13.8 Å². The van der Waals surface area contributed by atoms with Crippen LogP contribution >= 0.6 is 0 Å². The first kappa shape index (κ1) is 11.4. The van der Waals surface area contributed by atoms with Crippen LogP contribution in [0.5, 0.6) is 0 Å². The van der Waals surface area contributed by atoms with Crippen molar-refractivity contribution in [1.82, 2.24) is 4.72 Å². The quantitative estimate of drug-likeness (QED) is 0.742. The Morgan fingerprint density at radius 2 is 2.00 bits per heavy atom. The fourth-order valence-corrected chi connectivity index (χ4v) is 3.85. The molecule has 0 aromatic heterocycles. The zero-order chi connectivity index (χ0) is 11.3.